The molecule has 1 amide bonds. The first-order valence-corrected chi connectivity index (χ1v) is 11.8. The summed E-state index contributed by atoms with van der Waals surface area (Å²) in [6.07, 6.45) is 1.68. The predicted molar refractivity (Wildman–Crippen MR) is 132 cm³/mol. The number of aromatic nitrogens is 5. The van der Waals surface area contributed by atoms with Crippen molar-refractivity contribution in [1.29, 1.82) is 0 Å². The van der Waals surface area contributed by atoms with Crippen molar-refractivity contribution in [2.45, 2.75) is 71.8 Å². The molecule has 35 heavy (non-hydrogen) atoms. The number of aliphatic hydroxyl groups excluding tert-OH is 1. The number of aliphatic imine (C=N–C) groups is 2. The number of rotatable bonds is 8. The molecule has 3 heterocycles. The van der Waals surface area contributed by atoms with E-state index >= 15 is 0 Å². The summed E-state index contributed by atoms with van der Waals surface area (Å²) in [4.78, 5) is 27.1. The lowest BCUT2D eigenvalue weighted by atomic mass is 9.96. The third kappa shape index (κ3) is 5.99. The van der Waals surface area contributed by atoms with Crippen LogP contribution in [0.5, 0.6) is 0 Å². The highest BCUT2D eigenvalue weighted by atomic mass is 16.4. The normalized spacial score (nSPS) is 16.4. The van der Waals surface area contributed by atoms with Crippen LogP contribution in [0.3, 0.4) is 0 Å². The van der Waals surface area contributed by atoms with E-state index in [0.29, 0.717) is 37.1 Å². The standard InChI is InChI=1S/C23H35N9O3/c1-7-32-20(27-19(30-32)15-8-11-31(12-9-15)16(34)10-13-33)14(2)26-17(18(24)25-6)21-28-29-22(35-21)23(3,4)5/h15,33H,6-13,24H2,1-5H3/b18-17-,26-14+. The molecule has 2 aromatic heterocycles. The molecular weight excluding hydrogens is 450 g/mol. The number of nitrogens with zero attached hydrogens (tertiary/aromatic N) is 8. The Morgan fingerprint density at radius 2 is 1.97 bits per heavy atom. The molecule has 1 fully saturated rings. The number of piperidine rings is 1. The molecule has 1 saturated heterocycles. The zero-order valence-electron chi connectivity index (χ0n) is 21.2. The molecule has 0 bridgehead atoms. The predicted octanol–water partition coefficient (Wildman–Crippen LogP) is 1.86. The van der Waals surface area contributed by atoms with E-state index in [1.807, 2.05) is 34.6 Å². The minimum absolute atomic E-state index is 0.0231. The summed E-state index contributed by atoms with van der Waals surface area (Å²) in [6, 6.07) is 0. The van der Waals surface area contributed by atoms with Crippen LogP contribution in [0.25, 0.3) is 5.70 Å². The van der Waals surface area contributed by atoms with Gasteiger partial charge in [-0.3, -0.25) is 4.79 Å². The Kier molecular flexibility index (Phi) is 8.15. The van der Waals surface area contributed by atoms with Gasteiger partial charge in [0.2, 0.25) is 11.8 Å². The van der Waals surface area contributed by atoms with Crippen LogP contribution < -0.4 is 5.73 Å². The molecule has 0 radical (unpaired) electrons. The average molecular weight is 486 g/mol. The number of nitrogens with two attached hydrogens (primary N) is 1. The van der Waals surface area contributed by atoms with E-state index in [0.717, 1.165) is 18.7 Å². The number of hydrogen-bond donors (Lipinski definition) is 2. The lowest BCUT2D eigenvalue weighted by Gasteiger charge is -2.30. The molecule has 190 valence electrons. The Morgan fingerprint density at radius 3 is 2.51 bits per heavy atom. The van der Waals surface area contributed by atoms with Gasteiger partial charge < -0.3 is 20.2 Å². The topological polar surface area (TPSA) is 161 Å². The van der Waals surface area contributed by atoms with Gasteiger partial charge in [0.25, 0.3) is 5.89 Å². The van der Waals surface area contributed by atoms with Gasteiger partial charge in [0.15, 0.2) is 23.2 Å². The molecule has 0 saturated carbocycles. The first-order valence-electron chi connectivity index (χ1n) is 11.8. The largest absolute Gasteiger partial charge is 0.419 e. The minimum Gasteiger partial charge on any atom is -0.419 e. The smallest absolute Gasteiger partial charge is 0.270 e. The molecule has 12 nitrogen and oxygen atoms in total. The van der Waals surface area contributed by atoms with Gasteiger partial charge in [0.1, 0.15) is 0 Å². The third-order valence-electron chi connectivity index (χ3n) is 5.81. The number of hydrogen-bond acceptors (Lipinski definition) is 10. The zero-order valence-corrected chi connectivity index (χ0v) is 21.2. The first kappa shape index (κ1) is 26.2. The fourth-order valence-corrected chi connectivity index (χ4v) is 3.79. The number of amides is 1. The van der Waals surface area contributed by atoms with Crippen molar-refractivity contribution in [2.75, 3.05) is 19.7 Å². The van der Waals surface area contributed by atoms with Crippen LogP contribution in [0, 0.1) is 0 Å². The van der Waals surface area contributed by atoms with Gasteiger partial charge in [-0.25, -0.2) is 19.7 Å². The highest BCUT2D eigenvalue weighted by molar-refractivity contribution is 5.98. The van der Waals surface area contributed by atoms with Crippen molar-refractivity contribution in [3.8, 4) is 0 Å². The summed E-state index contributed by atoms with van der Waals surface area (Å²) in [5.74, 6) is 2.11. The average Bonchev–Trinajstić information content (AvgIpc) is 3.50. The van der Waals surface area contributed by atoms with Crippen LogP contribution in [-0.4, -0.2) is 73.0 Å². The van der Waals surface area contributed by atoms with Crippen LogP contribution in [0.2, 0.25) is 0 Å². The highest BCUT2D eigenvalue weighted by Crippen LogP contribution is 2.28. The SMILES string of the molecule is C=N/C(N)=C(\N=C(/C)c1nc(C2CCN(C(=O)CCO)CC2)nn1CC)c1nnc(C(C)(C)C)o1. The Hall–Kier alpha value is -3.41. The number of likely N-dealkylation sites (tertiary alicyclic amines) is 1. The quantitative estimate of drug-likeness (QED) is 0.536. The van der Waals surface area contributed by atoms with E-state index in [1.54, 1.807) is 9.58 Å². The zero-order chi connectivity index (χ0) is 25.8. The Morgan fingerprint density at radius 1 is 1.29 bits per heavy atom. The van der Waals surface area contributed by atoms with Gasteiger partial charge in [-0.1, -0.05) is 20.8 Å². The molecule has 1 aliphatic heterocycles. The van der Waals surface area contributed by atoms with E-state index in [4.69, 9.17) is 25.3 Å². The lowest BCUT2D eigenvalue weighted by molar-refractivity contribution is -0.132. The molecule has 12 heteroatoms. The molecule has 0 unspecified atom stereocenters. The van der Waals surface area contributed by atoms with Gasteiger partial charge in [0, 0.05) is 37.4 Å². The second-order valence-corrected chi connectivity index (χ2v) is 9.49. The van der Waals surface area contributed by atoms with E-state index in [2.05, 4.69) is 26.9 Å². The summed E-state index contributed by atoms with van der Waals surface area (Å²) in [6.45, 7) is 14.9. The van der Waals surface area contributed by atoms with Gasteiger partial charge >= 0.3 is 0 Å². The van der Waals surface area contributed by atoms with Crippen molar-refractivity contribution in [3.05, 3.63) is 29.3 Å². The molecular formula is C23H35N9O3. The lowest BCUT2D eigenvalue weighted by Crippen LogP contribution is -2.38. The van der Waals surface area contributed by atoms with Crippen molar-refractivity contribution in [3.63, 3.8) is 0 Å². The third-order valence-corrected chi connectivity index (χ3v) is 5.81. The molecule has 0 atom stereocenters. The number of aliphatic hydroxyl groups is 1. The van der Waals surface area contributed by atoms with Gasteiger partial charge in [-0.15, -0.1) is 10.2 Å². The maximum atomic E-state index is 12.1. The van der Waals surface area contributed by atoms with Gasteiger partial charge in [-0.2, -0.15) is 5.10 Å². The Balaban J connectivity index is 1.87. The number of aryl methyl sites for hydroxylation is 1. The molecule has 1 aliphatic rings. The Labute approximate surface area is 205 Å². The molecule has 0 aromatic carbocycles. The molecule has 0 aliphatic carbocycles. The summed E-state index contributed by atoms with van der Waals surface area (Å²) in [5, 5.41) is 22.0. The second kappa shape index (κ2) is 10.9. The first-order chi connectivity index (χ1) is 16.6. The maximum Gasteiger partial charge on any atom is 0.270 e. The van der Waals surface area contributed by atoms with Crippen LogP contribution in [0.15, 0.2) is 20.2 Å². The summed E-state index contributed by atoms with van der Waals surface area (Å²) in [7, 11) is 0. The molecule has 3 rings (SSSR count). The van der Waals surface area contributed by atoms with E-state index in [1.165, 1.54) is 0 Å². The fraction of sp³-hybridized carbons (Fsp3) is 0.609. The monoisotopic (exact) mass is 485 g/mol. The fourth-order valence-electron chi connectivity index (χ4n) is 3.79. The number of carbonyl (C=O) groups excluding carboxylic acids is 1. The van der Waals surface area contributed by atoms with Crippen molar-refractivity contribution in [2.24, 2.45) is 15.7 Å². The molecule has 2 aromatic rings. The Bertz CT molecular complexity index is 1120. The van der Waals surface area contributed by atoms with E-state index < -0.39 is 0 Å². The van der Waals surface area contributed by atoms with Gasteiger partial charge in [0.05, 0.1) is 12.3 Å². The maximum absolute atomic E-state index is 12.1. The number of carbonyl (C=O) groups is 1. The summed E-state index contributed by atoms with van der Waals surface area (Å²) < 4.78 is 7.62. The molecule has 3 N–H and O–H groups in total. The molecule has 0 spiro atoms. The summed E-state index contributed by atoms with van der Waals surface area (Å²) in [5.41, 5.74) is 6.53. The van der Waals surface area contributed by atoms with Crippen LogP contribution in [0.1, 0.15) is 83.2 Å². The minimum atomic E-state index is -0.332. The van der Waals surface area contributed by atoms with E-state index in [9.17, 15) is 4.79 Å². The van der Waals surface area contributed by atoms with Crippen molar-refractivity contribution >= 4 is 24.0 Å². The van der Waals surface area contributed by atoms with Crippen molar-refractivity contribution < 1.29 is 14.3 Å². The summed E-state index contributed by atoms with van der Waals surface area (Å²) >= 11 is 0. The van der Waals surface area contributed by atoms with Crippen molar-refractivity contribution in [1.82, 2.24) is 29.9 Å². The van der Waals surface area contributed by atoms with Crippen LogP contribution >= 0.6 is 0 Å². The van der Waals surface area contributed by atoms with E-state index in [-0.39, 0.29) is 47.7 Å². The van der Waals surface area contributed by atoms with Gasteiger partial charge in [-0.05, 0) is 33.4 Å². The highest BCUT2D eigenvalue weighted by Gasteiger charge is 2.28. The van der Waals surface area contributed by atoms with Crippen LogP contribution in [0.4, 0.5) is 0 Å². The second-order valence-electron chi connectivity index (χ2n) is 9.49. The van der Waals surface area contributed by atoms with Crippen LogP contribution in [-0.2, 0) is 16.8 Å².